The summed E-state index contributed by atoms with van der Waals surface area (Å²) in [4.78, 5) is 19.6. The van der Waals surface area contributed by atoms with Gasteiger partial charge in [-0.15, -0.1) is 11.3 Å². The molecule has 0 aliphatic rings. The molecule has 0 radical (unpaired) electrons. The Bertz CT molecular complexity index is 1110. The molecule has 1 amide bonds. The number of hydrogen-bond donors (Lipinski definition) is 0. The van der Waals surface area contributed by atoms with Crippen LogP contribution >= 0.6 is 11.3 Å². The van der Waals surface area contributed by atoms with Crippen molar-refractivity contribution < 1.29 is 9.53 Å². The van der Waals surface area contributed by atoms with Crippen molar-refractivity contribution in [3.63, 3.8) is 0 Å². The standard InChI is InChI=1S/C23H20N2O2S/c1-3-25(21-10-6-8-16-7-4-5-9-19(16)21)23(26)20-15-28-22(24-20)17-11-13-18(27-2)14-12-17/h4-15H,3H2,1-2H3. The summed E-state index contributed by atoms with van der Waals surface area (Å²) in [5, 5.41) is 4.82. The number of methoxy groups -OCH3 is 1. The minimum Gasteiger partial charge on any atom is -0.497 e. The lowest BCUT2D eigenvalue weighted by molar-refractivity contribution is 0.0984. The molecule has 0 N–H and O–H groups in total. The van der Waals surface area contributed by atoms with E-state index < -0.39 is 0 Å². The van der Waals surface area contributed by atoms with Gasteiger partial charge in [0.25, 0.3) is 5.91 Å². The van der Waals surface area contributed by atoms with Crippen LogP contribution in [-0.4, -0.2) is 24.5 Å². The van der Waals surface area contributed by atoms with E-state index in [1.54, 1.807) is 12.0 Å². The summed E-state index contributed by atoms with van der Waals surface area (Å²) in [6.45, 7) is 2.55. The van der Waals surface area contributed by atoms with Crippen LogP contribution in [0, 0.1) is 0 Å². The van der Waals surface area contributed by atoms with Gasteiger partial charge in [-0.05, 0) is 42.6 Å². The maximum absolute atomic E-state index is 13.2. The van der Waals surface area contributed by atoms with E-state index in [1.807, 2.05) is 66.9 Å². The third-order valence-corrected chi connectivity index (χ3v) is 5.57. The Morgan fingerprint density at radius 2 is 1.79 bits per heavy atom. The van der Waals surface area contributed by atoms with Crippen molar-refractivity contribution in [2.24, 2.45) is 0 Å². The lowest BCUT2D eigenvalue weighted by Gasteiger charge is -2.22. The first-order valence-corrected chi connectivity index (χ1v) is 9.99. The summed E-state index contributed by atoms with van der Waals surface area (Å²) in [6.07, 6.45) is 0. The van der Waals surface area contributed by atoms with E-state index in [4.69, 9.17) is 4.74 Å². The SMILES string of the molecule is CCN(C(=O)c1csc(-c2ccc(OC)cc2)n1)c1cccc2ccccc12. The second kappa shape index (κ2) is 7.82. The number of fused-ring (bicyclic) bond motifs is 1. The first-order valence-electron chi connectivity index (χ1n) is 9.11. The average Bonchev–Trinajstić information content (AvgIpc) is 3.25. The van der Waals surface area contributed by atoms with Crippen LogP contribution in [0.25, 0.3) is 21.3 Å². The number of hydrogen-bond acceptors (Lipinski definition) is 4. The molecule has 0 bridgehead atoms. The smallest absolute Gasteiger partial charge is 0.277 e. The van der Waals surface area contributed by atoms with Crippen LogP contribution < -0.4 is 9.64 Å². The third-order valence-electron chi connectivity index (χ3n) is 4.68. The predicted octanol–water partition coefficient (Wildman–Crippen LogP) is 5.64. The van der Waals surface area contributed by atoms with Crippen molar-refractivity contribution in [1.82, 2.24) is 4.98 Å². The zero-order chi connectivity index (χ0) is 19.5. The van der Waals surface area contributed by atoms with Crippen molar-refractivity contribution >= 4 is 33.7 Å². The van der Waals surface area contributed by atoms with Gasteiger partial charge >= 0.3 is 0 Å². The Morgan fingerprint density at radius 3 is 2.54 bits per heavy atom. The highest BCUT2D eigenvalue weighted by atomic mass is 32.1. The number of ether oxygens (including phenoxy) is 1. The normalized spacial score (nSPS) is 10.8. The molecule has 0 atom stereocenters. The molecule has 5 heteroatoms. The van der Waals surface area contributed by atoms with Crippen LogP contribution in [0.2, 0.25) is 0 Å². The van der Waals surface area contributed by atoms with E-state index in [2.05, 4.69) is 17.1 Å². The van der Waals surface area contributed by atoms with E-state index in [0.717, 1.165) is 32.8 Å². The molecule has 0 aliphatic heterocycles. The fourth-order valence-corrected chi connectivity index (χ4v) is 4.04. The zero-order valence-corrected chi connectivity index (χ0v) is 16.6. The van der Waals surface area contributed by atoms with Gasteiger partial charge in [-0.3, -0.25) is 4.79 Å². The largest absolute Gasteiger partial charge is 0.497 e. The fraction of sp³-hybridized carbons (Fsp3) is 0.130. The van der Waals surface area contributed by atoms with E-state index in [-0.39, 0.29) is 5.91 Å². The third kappa shape index (κ3) is 3.37. The second-order valence-electron chi connectivity index (χ2n) is 6.31. The molecule has 0 spiro atoms. The summed E-state index contributed by atoms with van der Waals surface area (Å²) in [6, 6.07) is 21.8. The van der Waals surface area contributed by atoms with Gasteiger partial charge in [-0.25, -0.2) is 4.98 Å². The molecule has 140 valence electrons. The van der Waals surface area contributed by atoms with Crippen molar-refractivity contribution in [2.45, 2.75) is 6.92 Å². The van der Waals surface area contributed by atoms with Gasteiger partial charge in [0.05, 0.1) is 12.8 Å². The van der Waals surface area contributed by atoms with Gasteiger partial charge in [0.2, 0.25) is 0 Å². The Hall–Kier alpha value is -3.18. The molecule has 4 nitrogen and oxygen atoms in total. The molecule has 4 aromatic rings. The maximum Gasteiger partial charge on any atom is 0.277 e. The minimum absolute atomic E-state index is 0.0881. The molecule has 0 unspecified atom stereocenters. The van der Waals surface area contributed by atoms with Crippen LogP contribution in [0.15, 0.2) is 72.1 Å². The van der Waals surface area contributed by atoms with Crippen molar-refractivity contribution in [3.8, 4) is 16.3 Å². The number of carbonyl (C=O) groups is 1. The molecular weight excluding hydrogens is 368 g/mol. The van der Waals surface area contributed by atoms with Crippen molar-refractivity contribution in [3.05, 3.63) is 77.8 Å². The highest BCUT2D eigenvalue weighted by Gasteiger charge is 2.21. The summed E-state index contributed by atoms with van der Waals surface area (Å²) < 4.78 is 5.20. The van der Waals surface area contributed by atoms with Crippen LogP contribution in [0.5, 0.6) is 5.75 Å². The topological polar surface area (TPSA) is 42.4 Å². The number of anilines is 1. The number of rotatable bonds is 5. The van der Waals surface area contributed by atoms with Crippen molar-refractivity contribution in [1.29, 1.82) is 0 Å². The van der Waals surface area contributed by atoms with Gasteiger partial charge in [0.15, 0.2) is 0 Å². The Balaban J connectivity index is 1.67. The molecule has 28 heavy (non-hydrogen) atoms. The van der Waals surface area contributed by atoms with Gasteiger partial charge in [0, 0.05) is 22.9 Å². The van der Waals surface area contributed by atoms with Crippen LogP contribution in [0.4, 0.5) is 5.69 Å². The maximum atomic E-state index is 13.2. The number of nitrogens with zero attached hydrogens (tertiary/aromatic N) is 2. The van der Waals surface area contributed by atoms with Gasteiger partial charge < -0.3 is 9.64 Å². The number of carbonyl (C=O) groups excluding carboxylic acids is 1. The molecule has 1 heterocycles. The minimum atomic E-state index is -0.0881. The monoisotopic (exact) mass is 388 g/mol. The number of benzene rings is 3. The quantitative estimate of drug-likeness (QED) is 0.444. The molecular formula is C23H20N2O2S. The van der Waals surface area contributed by atoms with Crippen molar-refractivity contribution in [2.75, 3.05) is 18.6 Å². The molecule has 0 aliphatic carbocycles. The fourth-order valence-electron chi connectivity index (χ4n) is 3.24. The summed E-state index contributed by atoms with van der Waals surface area (Å²) >= 11 is 1.47. The first-order chi connectivity index (χ1) is 13.7. The zero-order valence-electron chi connectivity index (χ0n) is 15.8. The number of thiazole rings is 1. The first kappa shape index (κ1) is 18.2. The van der Waals surface area contributed by atoms with Crippen LogP contribution in [0.1, 0.15) is 17.4 Å². The van der Waals surface area contributed by atoms with Gasteiger partial charge in [-0.2, -0.15) is 0 Å². The highest BCUT2D eigenvalue weighted by molar-refractivity contribution is 7.13. The molecule has 0 fully saturated rings. The highest BCUT2D eigenvalue weighted by Crippen LogP contribution is 2.30. The average molecular weight is 388 g/mol. The molecule has 0 saturated carbocycles. The van der Waals surface area contributed by atoms with Gasteiger partial charge in [-0.1, -0.05) is 36.4 Å². The lowest BCUT2D eigenvalue weighted by Crippen LogP contribution is -2.31. The number of aromatic nitrogens is 1. The Labute approximate surface area is 168 Å². The Morgan fingerprint density at radius 1 is 1.04 bits per heavy atom. The second-order valence-corrected chi connectivity index (χ2v) is 7.17. The van der Waals surface area contributed by atoms with E-state index >= 15 is 0 Å². The molecule has 1 aromatic heterocycles. The van der Waals surface area contributed by atoms with Crippen LogP contribution in [0.3, 0.4) is 0 Å². The van der Waals surface area contributed by atoms with E-state index in [0.29, 0.717) is 12.2 Å². The Kier molecular flexibility index (Phi) is 5.08. The molecule has 3 aromatic carbocycles. The van der Waals surface area contributed by atoms with Crippen LogP contribution in [-0.2, 0) is 0 Å². The molecule has 0 saturated heterocycles. The summed E-state index contributed by atoms with van der Waals surface area (Å²) in [5.74, 6) is 0.708. The van der Waals surface area contributed by atoms with E-state index in [1.165, 1.54) is 11.3 Å². The summed E-state index contributed by atoms with van der Waals surface area (Å²) in [7, 11) is 1.64. The predicted molar refractivity (Wildman–Crippen MR) is 115 cm³/mol. The number of amides is 1. The van der Waals surface area contributed by atoms with E-state index in [9.17, 15) is 4.79 Å². The lowest BCUT2D eigenvalue weighted by atomic mass is 10.1. The molecule has 4 rings (SSSR count). The summed E-state index contributed by atoms with van der Waals surface area (Å²) in [5.41, 5.74) is 2.34. The van der Waals surface area contributed by atoms with Gasteiger partial charge in [0.1, 0.15) is 16.5 Å².